The highest BCUT2D eigenvalue weighted by Gasteiger charge is 2.25. The highest BCUT2D eigenvalue weighted by molar-refractivity contribution is 5.57. The Labute approximate surface area is 98.7 Å². The molecule has 88 valence electrons. The summed E-state index contributed by atoms with van der Waals surface area (Å²) in [4.78, 5) is 2.54. The van der Waals surface area contributed by atoms with E-state index in [1.807, 2.05) is 0 Å². The Hall–Kier alpha value is -1.02. The van der Waals surface area contributed by atoms with Crippen molar-refractivity contribution in [1.29, 1.82) is 0 Å². The Morgan fingerprint density at radius 3 is 2.88 bits per heavy atom. The predicted octanol–water partition coefficient (Wildman–Crippen LogP) is 2.96. The number of para-hydroxylation sites is 1. The molecule has 0 amide bonds. The average molecular weight is 218 g/mol. The Morgan fingerprint density at radius 1 is 1.44 bits per heavy atom. The van der Waals surface area contributed by atoms with Crippen molar-refractivity contribution in [1.82, 2.24) is 5.32 Å². The zero-order valence-electron chi connectivity index (χ0n) is 10.5. The molecule has 0 saturated carbocycles. The van der Waals surface area contributed by atoms with Crippen molar-refractivity contribution in [3.05, 3.63) is 29.8 Å². The summed E-state index contributed by atoms with van der Waals surface area (Å²) >= 11 is 0. The van der Waals surface area contributed by atoms with E-state index in [1.54, 1.807) is 0 Å². The van der Waals surface area contributed by atoms with Crippen LogP contribution in [0.25, 0.3) is 0 Å². The van der Waals surface area contributed by atoms with Crippen molar-refractivity contribution >= 4 is 5.69 Å². The van der Waals surface area contributed by atoms with E-state index in [2.05, 4.69) is 55.4 Å². The summed E-state index contributed by atoms with van der Waals surface area (Å²) in [6.07, 6.45) is 2.41. The summed E-state index contributed by atoms with van der Waals surface area (Å²) in [5, 5.41) is 3.41. The largest absolute Gasteiger partial charge is 0.368 e. The molecule has 0 spiro atoms. The van der Waals surface area contributed by atoms with Crippen molar-refractivity contribution in [2.45, 2.75) is 38.8 Å². The summed E-state index contributed by atoms with van der Waals surface area (Å²) in [7, 11) is 2.06. The molecule has 1 N–H and O–H groups in total. The molecular weight excluding hydrogens is 196 g/mol. The number of benzene rings is 1. The Balaban J connectivity index is 2.35. The van der Waals surface area contributed by atoms with Crippen LogP contribution < -0.4 is 10.2 Å². The molecule has 1 aliphatic rings. The summed E-state index contributed by atoms with van der Waals surface area (Å²) in [6.45, 7) is 5.74. The molecule has 1 heterocycles. The molecular formula is C14H22N2. The van der Waals surface area contributed by atoms with Gasteiger partial charge in [0.15, 0.2) is 0 Å². The molecule has 1 aromatic rings. The molecule has 2 unspecified atom stereocenters. The summed E-state index contributed by atoms with van der Waals surface area (Å²) < 4.78 is 0. The lowest BCUT2D eigenvalue weighted by molar-refractivity contribution is 0.487. The third-order valence-electron chi connectivity index (χ3n) is 3.75. The van der Waals surface area contributed by atoms with Crippen LogP contribution in [0.5, 0.6) is 0 Å². The van der Waals surface area contributed by atoms with Gasteiger partial charge in [0.25, 0.3) is 0 Å². The molecule has 0 aliphatic carbocycles. The van der Waals surface area contributed by atoms with Gasteiger partial charge in [-0.1, -0.05) is 25.1 Å². The van der Waals surface area contributed by atoms with E-state index in [-0.39, 0.29) is 0 Å². The molecule has 0 bridgehead atoms. The maximum Gasteiger partial charge on any atom is 0.0417 e. The molecule has 0 aromatic heterocycles. The van der Waals surface area contributed by atoms with Crippen LogP contribution in [-0.2, 0) is 0 Å². The molecule has 1 aromatic carbocycles. The molecule has 0 saturated heterocycles. The van der Waals surface area contributed by atoms with Crippen LogP contribution in [0.1, 0.15) is 38.3 Å². The minimum absolute atomic E-state index is 0.525. The van der Waals surface area contributed by atoms with Crippen molar-refractivity contribution in [2.75, 3.05) is 18.5 Å². The van der Waals surface area contributed by atoms with E-state index in [0.29, 0.717) is 12.1 Å². The standard InChI is InChI=1S/C14H22N2/c1-4-11(2)16-10-9-13(15-3)12-7-5-6-8-14(12)16/h5-8,11,13,15H,4,9-10H2,1-3H3. The van der Waals surface area contributed by atoms with Gasteiger partial charge in [-0.3, -0.25) is 0 Å². The zero-order valence-corrected chi connectivity index (χ0v) is 10.5. The summed E-state index contributed by atoms with van der Waals surface area (Å²) in [5.74, 6) is 0. The summed E-state index contributed by atoms with van der Waals surface area (Å²) in [6, 6.07) is 9.96. The van der Waals surface area contributed by atoms with E-state index in [0.717, 1.165) is 6.54 Å². The van der Waals surface area contributed by atoms with Crippen LogP contribution in [0, 0.1) is 0 Å². The van der Waals surface area contributed by atoms with Crippen molar-refractivity contribution < 1.29 is 0 Å². The van der Waals surface area contributed by atoms with Crippen LogP contribution in [-0.4, -0.2) is 19.6 Å². The third kappa shape index (κ3) is 1.94. The van der Waals surface area contributed by atoms with Gasteiger partial charge in [0.1, 0.15) is 0 Å². The van der Waals surface area contributed by atoms with Gasteiger partial charge in [-0.05, 0) is 38.4 Å². The molecule has 2 heteroatoms. The van der Waals surface area contributed by atoms with E-state index < -0.39 is 0 Å². The first-order chi connectivity index (χ1) is 7.77. The quantitative estimate of drug-likeness (QED) is 0.839. The highest BCUT2D eigenvalue weighted by atomic mass is 15.2. The molecule has 2 rings (SSSR count). The van der Waals surface area contributed by atoms with Crippen LogP contribution in [0.3, 0.4) is 0 Å². The van der Waals surface area contributed by atoms with Gasteiger partial charge < -0.3 is 10.2 Å². The average Bonchev–Trinajstić information content (AvgIpc) is 2.36. The maximum absolute atomic E-state index is 3.41. The highest BCUT2D eigenvalue weighted by Crippen LogP contribution is 2.34. The first-order valence-electron chi connectivity index (χ1n) is 6.30. The maximum atomic E-state index is 3.41. The second-order valence-corrected chi connectivity index (χ2v) is 4.64. The number of anilines is 1. The van der Waals surface area contributed by atoms with E-state index in [4.69, 9.17) is 0 Å². The fraction of sp³-hybridized carbons (Fsp3) is 0.571. The summed E-state index contributed by atoms with van der Waals surface area (Å²) in [5.41, 5.74) is 2.87. The van der Waals surface area contributed by atoms with Crippen molar-refractivity contribution in [3.63, 3.8) is 0 Å². The molecule has 16 heavy (non-hydrogen) atoms. The zero-order chi connectivity index (χ0) is 11.5. The number of nitrogens with zero attached hydrogens (tertiary/aromatic N) is 1. The van der Waals surface area contributed by atoms with Gasteiger partial charge >= 0.3 is 0 Å². The third-order valence-corrected chi connectivity index (χ3v) is 3.75. The molecule has 2 nitrogen and oxygen atoms in total. The minimum atomic E-state index is 0.525. The van der Waals surface area contributed by atoms with E-state index in [9.17, 15) is 0 Å². The van der Waals surface area contributed by atoms with Gasteiger partial charge in [0.2, 0.25) is 0 Å². The smallest absolute Gasteiger partial charge is 0.0417 e. The van der Waals surface area contributed by atoms with Crippen LogP contribution in [0.4, 0.5) is 5.69 Å². The molecule has 1 aliphatic heterocycles. The first-order valence-corrected chi connectivity index (χ1v) is 6.30. The predicted molar refractivity (Wildman–Crippen MR) is 70.0 cm³/mol. The Kier molecular flexibility index (Phi) is 3.49. The monoisotopic (exact) mass is 218 g/mol. The SMILES string of the molecule is CCC(C)N1CCC(NC)c2ccccc21. The fourth-order valence-corrected chi connectivity index (χ4v) is 2.57. The fourth-order valence-electron chi connectivity index (χ4n) is 2.57. The normalized spacial score (nSPS) is 21.7. The van der Waals surface area contributed by atoms with Gasteiger partial charge in [-0.25, -0.2) is 0 Å². The van der Waals surface area contributed by atoms with E-state index in [1.165, 1.54) is 24.1 Å². The van der Waals surface area contributed by atoms with Gasteiger partial charge in [-0.15, -0.1) is 0 Å². The lowest BCUT2D eigenvalue weighted by Crippen LogP contribution is -2.40. The van der Waals surface area contributed by atoms with Crippen LogP contribution in [0.2, 0.25) is 0 Å². The number of rotatable bonds is 3. The van der Waals surface area contributed by atoms with Crippen molar-refractivity contribution in [3.8, 4) is 0 Å². The lowest BCUT2D eigenvalue weighted by atomic mass is 9.95. The lowest BCUT2D eigenvalue weighted by Gasteiger charge is -2.39. The van der Waals surface area contributed by atoms with E-state index >= 15 is 0 Å². The molecule has 0 radical (unpaired) electrons. The number of fused-ring (bicyclic) bond motifs is 1. The molecule has 2 atom stereocenters. The number of hydrogen-bond donors (Lipinski definition) is 1. The van der Waals surface area contributed by atoms with Gasteiger partial charge in [0.05, 0.1) is 0 Å². The Bertz CT molecular complexity index is 348. The molecule has 0 fully saturated rings. The minimum Gasteiger partial charge on any atom is -0.368 e. The Morgan fingerprint density at radius 2 is 2.19 bits per heavy atom. The topological polar surface area (TPSA) is 15.3 Å². The number of nitrogens with one attached hydrogen (secondary N) is 1. The van der Waals surface area contributed by atoms with Crippen LogP contribution in [0.15, 0.2) is 24.3 Å². The van der Waals surface area contributed by atoms with Crippen molar-refractivity contribution in [2.24, 2.45) is 0 Å². The second-order valence-electron chi connectivity index (χ2n) is 4.64. The van der Waals surface area contributed by atoms with Gasteiger partial charge in [-0.2, -0.15) is 0 Å². The second kappa shape index (κ2) is 4.88. The van der Waals surface area contributed by atoms with Crippen LogP contribution >= 0.6 is 0 Å². The number of hydrogen-bond acceptors (Lipinski definition) is 2. The van der Waals surface area contributed by atoms with Gasteiger partial charge in [0, 0.05) is 24.3 Å². The first kappa shape index (κ1) is 11.5.